The third kappa shape index (κ3) is 2.49. The first-order chi connectivity index (χ1) is 6.72. The zero-order chi connectivity index (χ0) is 10.6. The lowest BCUT2D eigenvalue weighted by molar-refractivity contribution is 0.282. The summed E-state index contributed by atoms with van der Waals surface area (Å²) < 4.78 is 0. The maximum atomic E-state index is 8.95. The highest BCUT2D eigenvalue weighted by molar-refractivity contribution is 6.31. The molecule has 0 aromatic heterocycles. The Morgan fingerprint density at radius 2 is 1.93 bits per heavy atom. The summed E-state index contributed by atoms with van der Waals surface area (Å²) in [6.07, 6.45) is 2.21. The summed E-state index contributed by atoms with van der Waals surface area (Å²) in [6.45, 7) is 4.40. The van der Waals surface area contributed by atoms with E-state index in [2.05, 4.69) is 13.8 Å². The van der Waals surface area contributed by atoms with Crippen molar-refractivity contribution in [3.05, 3.63) is 34.3 Å². The fraction of sp³-hybridized carbons (Fsp3) is 0.500. The Morgan fingerprint density at radius 3 is 2.36 bits per heavy atom. The van der Waals surface area contributed by atoms with Crippen LogP contribution < -0.4 is 0 Å². The normalized spacial score (nSPS) is 10.9. The van der Waals surface area contributed by atoms with Gasteiger partial charge in [-0.2, -0.15) is 0 Å². The van der Waals surface area contributed by atoms with Crippen LogP contribution >= 0.6 is 11.6 Å². The lowest BCUT2D eigenvalue weighted by atomic mass is 9.93. The van der Waals surface area contributed by atoms with Gasteiger partial charge in [-0.25, -0.2) is 0 Å². The minimum absolute atomic E-state index is 0.0584. The molecular formula is C12H17ClO. The average molecular weight is 213 g/mol. The first-order valence-corrected chi connectivity index (χ1v) is 5.49. The minimum atomic E-state index is 0.0584. The zero-order valence-corrected chi connectivity index (χ0v) is 9.51. The van der Waals surface area contributed by atoms with E-state index in [1.807, 2.05) is 18.2 Å². The van der Waals surface area contributed by atoms with Crippen LogP contribution in [0.1, 0.15) is 43.7 Å². The van der Waals surface area contributed by atoms with E-state index in [0.717, 1.165) is 23.4 Å². The van der Waals surface area contributed by atoms with Crippen LogP contribution in [0.2, 0.25) is 5.02 Å². The third-order valence-electron chi connectivity index (χ3n) is 2.67. The predicted molar refractivity (Wildman–Crippen MR) is 60.7 cm³/mol. The molecule has 1 aromatic rings. The Morgan fingerprint density at radius 1 is 1.29 bits per heavy atom. The van der Waals surface area contributed by atoms with Crippen molar-refractivity contribution >= 4 is 11.6 Å². The second-order valence-corrected chi connectivity index (χ2v) is 3.93. The maximum absolute atomic E-state index is 8.95. The molecule has 0 bridgehead atoms. The molecule has 0 fully saturated rings. The first kappa shape index (κ1) is 11.5. The second-order valence-electron chi connectivity index (χ2n) is 3.53. The molecule has 0 aliphatic heterocycles. The number of hydrogen-bond donors (Lipinski definition) is 1. The highest BCUT2D eigenvalue weighted by atomic mass is 35.5. The molecule has 0 aliphatic rings. The van der Waals surface area contributed by atoms with E-state index >= 15 is 0 Å². The van der Waals surface area contributed by atoms with Crippen molar-refractivity contribution in [3.8, 4) is 0 Å². The maximum Gasteiger partial charge on any atom is 0.0682 e. The van der Waals surface area contributed by atoms with Gasteiger partial charge in [-0.05, 0) is 36.0 Å². The van der Waals surface area contributed by atoms with E-state index in [1.165, 1.54) is 5.56 Å². The molecule has 0 amide bonds. The van der Waals surface area contributed by atoms with Crippen LogP contribution in [-0.4, -0.2) is 5.11 Å². The molecule has 1 N–H and O–H groups in total. The van der Waals surface area contributed by atoms with Crippen molar-refractivity contribution in [3.63, 3.8) is 0 Å². The van der Waals surface area contributed by atoms with Crippen LogP contribution in [0.4, 0.5) is 0 Å². The molecule has 14 heavy (non-hydrogen) atoms. The number of benzene rings is 1. The van der Waals surface area contributed by atoms with Crippen molar-refractivity contribution in [2.75, 3.05) is 0 Å². The van der Waals surface area contributed by atoms with E-state index in [4.69, 9.17) is 16.7 Å². The van der Waals surface area contributed by atoms with Gasteiger partial charge in [-0.15, -0.1) is 0 Å². The molecule has 0 radical (unpaired) electrons. The Bertz CT molecular complexity index is 292. The number of halogens is 1. The largest absolute Gasteiger partial charge is 0.392 e. The molecule has 0 saturated heterocycles. The minimum Gasteiger partial charge on any atom is -0.392 e. The van der Waals surface area contributed by atoms with Gasteiger partial charge in [-0.1, -0.05) is 37.6 Å². The van der Waals surface area contributed by atoms with E-state index in [9.17, 15) is 0 Å². The van der Waals surface area contributed by atoms with E-state index in [1.54, 1.807) is 0 Å². The number of hydrogen-bond acceptors (Lipinski definition) is 1. The van der Waals surface area contributed by atoms with Crippen LogP contribution in [0, 0.1) is 0 Å². The zero-order valence-electron chi connectivity index (χ0n) is 8.76. The van der Waals surface area contributed by atoms with Crippen LogP contribution in [0.5, 0.6) is 0 Å². The van der Waals surface area contributed by atoms with Crippen LogP contribution in [0.3, 0.4) is 0 Å². The highest BCUT2D eigenvalue weighted by Crippen LogP contribution is 2.30. The number of aliphatic hydroxyl groups is 1. The molecule has 0 unspecified atom stereocenters. The molecule has 2 heteroatoms. The van der Waals surface area contributed by atoms with Crippen molar-refractivity contribution in [1.29, 1.82) is 0 Å². The van der Waals surface area contributed by atoms with Gasteiger partial charge in [0.1, 0.15) is 0 Å². The summed E-state index contributed by atoms with van der Waals surface area (Å²) in [7, 11) is 0. The van der Waals surface area contributed by atoms with Gasteiger partial charge in [0.25, 0.3) is 0 Å². The molecule has 0 spiro atoms. The molecule has 0 heterocycles. The Kier molecular flexibility index (Phi) is 4.43. The van der Waals surface area contributed by atoms with E-state index in [-0.39, 0.29) is 6.61 Å². The van der Waals surface area contributed by atoms with Gasteiger partial charge < -0.3 is 5.11 Å². The monoisotopic (exact) mass is 212 g/mol. The fourth-order valence-electron chi connectivity index (χ4n) is 1.73. The van der Waals surface area contributed by atoms with Gasteiger partial charge in [-0.3, -0.25) is 0 Å². The second kappa shape index (κ2) is 5.38. The van der Waals surface area contributed by atoms with Crippen LogP contribution in [0.15, 0.2) is 18.2 Å². The SMILES string of the molecule is CCC(CC)c1ccc(CO)cc1Cl. The lowest BCUT2D eigenvalue weighted by Gasteiger charge is -2.15. The Balaban J connectivity index is 2.98. The van der Waals surface area contributed by atoms with E-state index in [0.29, 0.717) is 5.92 Å². The summed E-state index contributed by atoms with van der Waals surface area (Å²) in [5.41, 5.74) is 2.08. The topological polar surface area (TPSA) is 20.2 Å². The van der Waals surface area contributed by atoms with E-state index < -0.39 is 0 Å². The molecule has 78 valence electrons. The summed E-state index contributed by atoms with van der Waals surface area (Å²) in [6, 6.07) is 5.83. The molecule has 1 aromatic carbocycles. The summed E-state index contributed by atoms with van der Waals surface area (Å²) in [5, 5.41) is 9.73. The molecule has 1 nitrogen and oxygen atoms in total. The molecular weight excluding hydrogens is 196 g/mol. The quantitative estimate of drug-likeness (QED) is 0.806. The van der Waals surface area contributed by atoms with Gasteiger partial charge in [0.15, 0.2) is 0 Å². The fourth-order valence-corrected chi connectivity index (χ4v) is 2.09. The van der Waals surface area contributed by atoms with Crippen LogP contribution in [-0.2, 0) is 6.61 Å². The number of aliphatic hydroxyl groups excluding tert-OH is 1. The van der Waals surface area contributed by atoms with Crippen molar-refractivity contribution in [2.24, 2.45) is 0 Å². The molecule has 1 rings (SSSR count). The molecule has 0 aliphatic carbocycles. The first-order valence-electron chi connectivity index (χ1n) is 5.12. The predicted octanol–water partition coefficient (Wildman–Crippen LogP) is 3.74. The smallest absolute Gasteiger partial charge is 0.0682 e. The average Bonchev–Trinajstić information content (AvgIpc) is 2.22. The summed E-state index contributed by atoms with van der Waals surface area (Å²) in [5.74, 6) is 0.537. The molecule has 0 atom stereocenters. The summed E-state index contributed by atoms with van der Waals surface area (Å²) >= 11 is 6.15. The van der Waals surface area contributed by atoms with Crippen LogP contribution in [0.25, 0.3) is 0 Å². The lowest BCUT2D eigenvalue weighted by Crippen LogP contribution is -1.97. The van der Waals surface area contributed by atoms with Gasteiger partial charge in [0, 0.05) is 5.02 Å². The Labute approximate surface area is 90.7 Å². The highest BCUT2D eigenvalue weighted by Gasteiger charge is 2.10. The summed E-state index contributed by atoms with van der Waals surface area (Å²) in [4.78, 5) is 0. The van der Waals surface area contributed by atoms with Crippen molar-refractivity contribution in [1.82, 2.24) is 0 Å². The van der Waals surface area contributed by atoms with Crippen molar-refractivity contribution < 1.29 is 5.11 Å². The van der Waals surface area contributed by atoms with Crippen molar-refractivity contribution in [2.45, 2.75) is 39.2 Å². The Hall–Kier alpha value is -0.530. The molecule has 0 saturated carbocycles. The van der Waals surface area contributed by atoms with Gasteiger partial charge in [0.05, 0.1) is 6.61 Å². The third-order valence-corrected chi connectivity index (χ3v) is 3.00. The standard InChI is InChI=1S/C12H17ClO/c1-3-10(4-2)11-6-5-9(8-14)7-12(11)13/h5-7,10,14H,3-4,8H2,1-2H3. The number of rotatable bonds is 4. The van der Waals surface area contributed by atoms with Gasteiger partial charge in [0.2, 0.25) is 0 Å². The van der Waals surface area contributed by atoms with Gasteiger partial charge >= 0.3 is 0 Å².